The van der Waals surface area contributed by atoms with Crippen LogP contribution >= 0.6 is 15.9 Å². The van der Waals surface area contributed by atoms with Gasteiger partial charge in [-0.05, 0) is 11.6 Å². The summed E-state index contributed by atoms with van der Waals surface area (Å²) < 4.78 is 6.25. The van der Waals surface area contributed by atoms with Crippen LogP contribution in [0.3, 0.4) is 0 Å². The highest BCUT2D eigenvalue weighted by atomic mass is 79.9. The Bertz CT molecular complexity index is 281. The summed E-state index contributed by atoms with van der Waals surface area (Å²) >= 11 is 3.49. The van der Waals surface area contributed by atoms with Crippen molar-refractivity contribution in [2.24, 2.45) is 0 Å². The zero-order valence-electron chi connectivity index (χ0n) is 8.58. The van der Waals surface area contributed by atoms with E-state index in [-0.39, 0.29) is 6.61 Å². The number of rotatable bonds is 7. The first-order chi connectivity index (χ1) is 7.34. The smallest absolute Gasteiger partial charge is 0.0698 e. The van der Waals surface area contributed by atoms with Crippen LogP contribution in [0.1, 0.15) is 5.56 Å². The molecule has 1 aromatic rings. The van der Waals surface area contributed by atoms with E-state index in [2.05, 4.69) is 27.3 Å². The van der Waals surface area contributed by atoms with Crippen LogP contribution in [0.2, 0.25) is 0 Å². The summed E-state index contributed by atoms with van der Waals surface area (Å²) in [6.45, 7) is 2.75. The minimum atomic E-state index is 0.0875. The van der Waals surface area contributed by atoms with Crippen molar-refractivity contribution in [1.29, 1.82) is 0 Å². The van der Waals surface area contributed by atoms with Crippen molar-refractivity contribution in [3.63, 3.8) is 0 Å². The van der Waals surface area contributed by atoms with Crippen molar-refractivity contribution in [3.05, 3.63) is 34.3 Å². The van der Waals surface area contributed by atoms with E-state index in [9.17, 15) is 0 Å². The zero-order chi connectivity index (χ0) is 10.9. The van der Waals surface area contributed by atoms with Crippen molar-refractivity contribution in [3.8, 4) is 0 Å². The van der Waals surface area contributed by atoms with Crippen LogP contribution in [-0.4, -0.2) is 31.5 Å². The molecule has 15 heavy (non-hydrogen) atoms. The maximum Gasteiger partial charge on any atom is 0.0698 e. The van der Waals surface area contributed by atoms with Crippen molar-refractivity contribution in [1.82, 2.24) is 5.32 Å². The summed E-state index contributed by atoms with van der Waals surface area (Å²) in [4.78, 5) is 0. The topological polar surface area (TPSA) is 41.5 Å². The lowest BCUT2D eigenvalue weighted by molar-refractivity contribution is 0.0938. The molecule has 0 aromatic heterocycles. The molecule has 0 amide bonds. The third-order valence-electron chi connectivity index (χ3n) is 1.93. The maximum absolute atomic E-state index is 8.49. The third kappa shape index (κ3) is 5.28. The highest BCUT2D eigenvalue weighted by Crippen LogP contribution is 2.14. The molecule has 0 saturated carbocycles. The Labute approximate surface area is 98.6 Å². The SMILES string of the molecule is OCCOCCNCc1ccccc1Br. The minimum Gasteiger partial charge on any atom is -0.394 e. The van der Waals surface area contributed by atoms with Crippen LogP contribution in [0.4, 0.5) is 0 Å². The quantitative estimate of drug-likeness (QED) is 0.741. The summed E-state index contributed by atoms with van der Waals surface area (Å²) in [6.07, 6.45) is 0. The Morgan fingerprint density at radius 3 is 2.80 bits per heavy atom. The van der Waals surface area contributed by atoms with Crippen molar-refractivity contribution >= 4 is 15.9 Å². The molecule has 0 unspecified atom stereocenters. The first-order valence-corrected chi connectivity index (χ1v) is 5.76. The fraction of sp³-hybridized carbons (Fsp3) is 0.455. The number of halogens is 1. The molecule has 2 N–H and O–H groups in total. The van der Waals surface area contributed by atoms with Crippen LogP contribution < -0.4 is 5.32 Å². The molecule has 0 aliphatic carbocycles. The van der Waals surface area contributed by atoms with Gasteiger partial charge >= 0.3 is 0 Å². The van der Waals surface area contributed by atoms with Crippen LogP contribution in [0, 0.1) is 0 Å². The molecule has 1 aromatic carbocycles. The van der Waals surface area contributed by atoms with Gasteiger partial charge in [0.25, 0.3) is 0 Å². The lowest BCUT2D eigenvalue weighted by Gasteiger charge is -2.06. The molecule has 0 bridgehead atoms. The zero-order valence-corrected chi connectivity index (χ0v) is 10.2. The van der Waals surface area contributed by atoms with E-state index in [0.29, 0.717) is 13.2 Å². The minimum absolute atomic E-state index is 0.0875. The Morgan fingerprint density at radius 2 is 2.07 bits per heavy atom. The summed E-state index contributed by atoms with van der Waals surface area (Å²) in [5.74, 6) is 0. The predicted molar refractivity (Wildman–Crippen MR) is 63.8 cm³/mol. The number of aliphatic hydroxyl groups excluding tert-OH is 1. The molecule has 0 saturated heterocycles. The van der Waals surface area contributed by atoms with Gasteiger partial charge in [-0.25, -0.2) is 0 Å². The molecule has 0 atom stereocenters. The highest BCUT2D eigenvalue weighted by Gasteiger charge is 1.96. The Hall–Kier alpha value is -0.420. The second-order valence-corrected chi connectivity index (χ2v) is 3.96. The van der Waals surface area contributed by atoms with Crippen LogP contribution in [0.15, 0.2) is 28.7 Å². The normalized spacial score (nSPS) is 10.5. The van der Waals surface area contributed by atoms with Crippen LogP contribution in [-0.2, 0) is 11.3 Å². The van der Waals surface area contributed by atoms with Gasteiger partial charge in [0.05, 0.1) is 19.8 Å². The largest absolute Gasteiger partial charge is 0.394 e. The van der Waals surface area contributed by atoms with Gasteiger partial charge in [0.15, 0.2) is 0 Å². The van der Waals surface area contributed by atoms with E-state index < -0.39 is 0 Å². The van der Waals surface area contributed by atoms with E-state index in [1.54, 1.807) is 0 Å². The molecule has 0 radical (unpaired) electrons. The summed E-state index contributed by atoms with van der Waals surface area (Å²) in [6, 6.07) is 8.12. The molecule has 0 spiro atoms. The standard InChI is InChI=1S/C11H16BrNO2/c12-11-4-2-1-3-10(11)9-13-5-7-15-8-6-14/h1-4,13-14H,5-9H2. The maximum atomic E-state index is 8.49. The number of aliphatic hydroxyl groups is 1. The van der Waals surface area contributed by atoms with E-state index in [1.165, 1.54) is 5.56 Å². The molecule has 84 valence electrons. The van der Waals surface area contributed by atoms with E-state index in [1.807, 2.05) is 18.2 Å². The van der Waals surface area contributed by atoms with E-state index >= 15 is 0 Å². The lowest BCUT2D eigenvalue weighted by atomic mass is 10.2. The summed E-state index contributed by atoms with van der Waals surface area (Å²) in [5.41, 5.74) is 1.24. The average Bonchev–Trinajstić information content (AvgIpc) is 2.25. The number of hydrogen-bond donors (Lipinski definition) is 2. The van der Waals surface area contributed by atoms with E-state index in [0.717, 1.165) is 17.6 Å². The third-order valence-corrected chi connectivity index (χ3v) is 2.71. The number of hydrogen-bond acceptors (Lipinski definition) is 3. The Kier molecular flexibility index (Phi) is 6.59. The van der Waals surface area contributed by atoms with Crippen molar-refractivity contribution < 1.29 is 9.84 Å². The predicted octanol–water partition coefficient (Wildman–Crippen LogP) is 1.55. The van der Waals surface area contributed by atoms with Crippen LogP contribution in [0.25, 0.3) is 0 Å². The van der Waals surface area contributed by atoms with Gasteiger partial charge in [-0.1, -0.05) is 34.1 Å². The second-order valence-electron chi connectivity index (χ2n) is 3.10. The van der Waals surface area contributed by atoms with Gasteiger partial charge in [-0.3, -0.25) is 0 Å². The molecule has 0 aliphatic rings. The molecule has 4 heteroatoms. The molecular weight excluding hydrogens is 258 g/mol. The van der Waals surface area contributed by atoms with Gasteiger partial charge in [0.1, 0.15) is 0 Å². The van der Waals surface area contributed by atoms with Gasteiger partial charge in [-0.15, -0.1) is 0 Å². The van der Waals surface area contributed by atoms with Crippen LogP contribution in [0.5, 0.6) is 0 Å². The monoisotopic (exact) mass is 273 g/mol. The number of ether oxygens (including phenoxy) is 1. The van der Waals surface area contributed by atoms with Gasteiger partial charge in [0, 0.05) is 17.6 Å². The fourth-order valence-corrected chi connectivity index (χ4v) is 1.60. The Balaban J connectivity index is 2.12. The van der Waals surface area contributed by atoms with Crippen molar-refractivity contribution in [2.75, 3.05) is 26.4 Å². The van der Waals surface area contributed by atoms with Gasteiger partial charge < -0.3 is 15.2 Å². The van der Waals surface area contributed by atoms with Gasteiger partial charge in [0.2, 0.25) is 0 Å². The number of benzene rings is 1. The fourth-order valence-electron chi connectivity index (χ4n) is 1.18. The molecule has 3 nitrogen and oxygen atoms in total. The van der Waals surface area contributed by atoms with Gasteiger partial charge in [-0.2, -0.15) is 0 Å². The second kappa shape index (κ2) is 7.82. The highest BCUT2D eigenvalue weighted by molar-refractivity contribution is 9.10. The molecule has 0 heterocycles. The average molecular weight is 274 g/mol. The molecule has 0 aliphatic heterocycles. The van der Waals surface area contributed by atoms with Crippen molar-refractivity contribution in [2.45, 2.75) is 6.54 Å². The number of nitrogens with one attached hydrogen (secondary N) is 1. The molecule has 0 fully saturated rings. The summed E-state index contributed by atoms with van der Waals surface area (Å²) in [5, 5.41) is 11.8. The first kappa shape index (κ1) is 12.6. The molecular formula is C11H16BrNO2. The Morgan fingerprint density at radius 1 is 1.27 bits per heavy atom. The summed E-state index contributed by atoms with van der Waals surface area (Å²) in [7, 11) is 0. The first-order valence-electron chi connectivity index (χ1n) is 4.97. The lowest BCUT2D eigenvalue weighted by Crippen LogP contribution is -2.20. The molecule has 1 rings (SSSR count). The van der Waals surface area contributed by atoms with E-state index in [4.69, 9.17) is 9.84 Å².